The van der Waals surface area contributed by atoms with Gasteiger partial charge >= 0.3 is 0 Å². The molecule has 1 aliphatic carbocycles. The van der Waals surface area contributed by atoms with E-state index in [-0.39, 0.29) is 11.7 Å². The van der Waals surface area contributed by atoms with E-state index in [1.165, 1.54) is 0 Å². The van der Waals surface area contributed by atoms with Crippen LogP contribution >= 0.6 is 0 Å². The van der Waals surface area contributed by atoms with Crippen LogP contribution in [0.2, 0.25) is 0 Å². The Morgan fingerprint density at radius 2 is 2.25 bits per heavy atom. The van der Waals surface area contributed by atoms with E-state index in [2.05, 4.69) is 10.6 Å². The Labute approximate surface area is 119 Å². The van der Waals surface area contributed by atoms with Gasteiger partial charge in [0.1, 0.15) is 0 Å². The molecule has 110 valence electrons. The molecule has 1 aliphatic rings. The molecule has 2 rings (SSSR count). The second-order valence-corrected chi connectivity index (χ2v) is 5.00. The lowest BCUT2D eigenvalue weighted by Gasteiger charge is -2.09. The number of phenolic OH excluding ortho intramolecular Hbond substituents is 1. The largest absolute Gasteiger partial charge is 0.504 e. The third-order valence-corrected chi connectivity index (χ3v) is 3.12. The van der Waals surface area contributed by atoms with E-state index >= 15 is 0 Å². The van der Waals surface area contributed by atoms with Crippen molar-refractivity contribution in [1.82, 2.24) is 10.6 Å². The van der Waals surface area contributed by atoms with Crippen molar-refractivity contribution in [3.05, 3.63) is 23.8 Å². The summed E-state index contributed by atoms with van der Waals surface area (Å²) in [6, 6.07) is 5.71. The van der Waals surface area contributed by atoms with Crippen LogP contribution in [0.15, 0.2) is 18.2 Å². The summed E-state index contributed by atoms with van der Waals surface area (Å²) in [6.07, 6.45) is 2.73. The van der Waals surface area contributed by atoms with Gasteiger partial charge in [0.2, 0.25) is 5.91 Å². The maximum absolute atomic E-state index is 11.5. The van der Waals surface area contributed by atoms with Gasteiger partial charge in [-0.3, -0.25) is 4.79 Å². The fraction of sp³-hybridized carbons (Fsp3) is 0.533. The highest BCUT2D eigenvalue weighted by molar-refractivity contribution is 5.76. The third kappa shape index (κ3) is 4.74. The summed E-state index contributed by atoms with van der Waals surface area (Å²) in [5, 5.41) is 15.8. The Hall–Kier alpha value is -1.75. The SMILES string of the molecule is CCOc1cc(CNCCC(=O)NC2CC2)ccc1O. The molecule has 0 aromatic heterocycles. The molecule has 1 saturated carbocycles. The second-order valence-electron chi connectivity index (χ2n) is 5.00. The highest BCUT2D eigenvalue weighted by Gasteiger charge is 2.22. The van der Waals surface area contributed by atoms with E-state index in [1.54, 1.807) is 6.07 Å². The lowest BCUT2D eigenvalue weighted by Crippen LogP contribution is -2.28. The van der Waals surface area contributed by atoms with Gasteiger partial charge in [-0.1, -0.05) is 6.07 Å². The van der Waals surface area contributed by atoms with Crippen molar-refractivity contribution in [3.8, 4) is 11.5 Å². The molecule has 1 amide bonds. The first-order chi connectivity index (χ1) is 9.69. The summed E-state index contributed by atoms with van der Waals surface area (Å²) < 4.78 is 5.33. The number of nitrogens with one attached hydrogen (secondary N) is 2. The molecule has 0 radical (unpaired) electrons. The van der Waals surface area contributed by atoms with Crippen LogP contribution in [0.5, 0.6) is 11.5 Å². The Morgan fingerprint density at radius 1 is 1.45 bits per heavy atom. The van der Waals surface area contributed by atoms with Crippen molar-refractivity contribution >= 4 is 5.91 Å². The van der Waals surface area contributed by atoms with Crippen LogP contribution in [0.1, 0.15) is 31.7 Å². The molecule has 5 nitrogen and oxygen atoms in total. The van der Waals surface area contributed by atoms with Gasteiger partial charge in [0.05, 0.1) is 6.61 Å². The molecule has 3 N–H and O–H groups in total. The quantitative estimate of drug-likeness (QED) is 0.631. The van der Waals surface area contributed by atoms with Gasteiger partial charge in [-0.25, -0.2) is 0 Å². The smallest absolute Gasteiger partial charge is 0.221 e. The lowest BCUT2D eigenvalue weighted by atomic mass is 10.2. The van der Waals surface area contributed by atoms with Gasteiger partial charge in [0.15, 0.2) is 11.5 Å². The molecule has 5 heteroatoms. The van der Waals surface area contributed by atoms with Gasteiger partial charge < -0.3 is 20.5 Å². The maximum atomic E-state index is 11.5. The van der Waals surface area contributed by atoms with Gasteiger partial charge in [-0.2, -0.15) is 0 Å². The number of benzene rings is 1. The molecule has 0 spiro atoms. The first kappa shape index (κ1) is 14.7. The Balaban J connectivity index is 1.70. The number of carbonyl (C=O) groups is 1. The standard InChI is InChI=1S/C15H22N2O3/c1-2-20-14-9-11(3-6-13(14)18)10-16-8-7-15(19)17-12-4-5-12/h3,6,9,12,16,18H,2,4-5,7-8,10H2,1H3,(H,17,19). The minimum absolute atomic E-state index is 0.112. The lowest BCUT2D eigenvalue weighted by molar-refractivity contribution is -0.121. The molecule has 0 heterocycles. The zero-order valence-electron chi connectivity index (χ0n) is 11.8. The first-order valence-corrected chi connectivity index (χ1v) is 7.14. The van der Waals surface area contributed by atoms with Crippen LogP contribution in [0.4, 0.5) is 0 Å². The number of hydrogen-bond acceptors (Lipinski definition) is 4. The predicted octanol–water partition coefficient (Wildman–Crippen LogP) is 1.55. The van der Waals surface area contributed by atoms with Gasteiger partial charge in [0, 0.05) is 25.6 Å². The van der Waals surface area contributed by atoms with E-state index < -0.39 is 0 Å². The van der Waals surface area contributed by atoms with Gasteiger partial charge in [0.25, 0.3) is 0 Å². The molecule has 0 atom stereocenters. The Morgan fingerprint density at radius 3 is 2.95 bits per heavy atom. The Kier molecular flexibility index (Phi) is 5.24. The third-order valence-electron chi connectivity index (χ3n) is 3.12. The first-order valence-electron chi connectivity index (χ1n) is 7.14. The number of aromatic hydroxyl groups is 1. The highest BCUT2D eigenvalue weighted by Crippen LogP contribution is 2.26. The molecule has 0 aliphatic heterocycles. The normalized spacial score (nSPS) is 14.1. The number of carbonyl (C=O) groups excluding carboxylic acids is 1. The number of rotatable bonds is 8. The van der Waals surface area contributed by atoms with Crippen molar-refractivity contribution in [1.29, 1.82) is 0 Å². The fourth-order valence-corrected chi connectivity index (χ4v) is 1.90. The van der Waals surface area contributed by atoms with Crippen LogP contribution < -0.4 is 15.4 Å². The molecule has 0 saturated heterocycles. The zero-order chi connectivity index (χ0) is 14.4. The van der Waals surface area contributed by atoms with E-state index in [0.717, 1.165) is 18.4 Å². The highest BCUT2D eigenvalue weighted by atomic mass is 16.5. The van der Waals surface area contributed by atoms with Gasteiger partial charge in [-0.05, 0) is 37.5 Å². The van der Waals surface area contributed by atoms with Crippen molar-refractivity contribution in [2.45, 2.75) is 38.8 Å². The summed E-state index contributed by atoms with van der Waals surface area (Å²) in [7, 11) is 0. The Bertz CT molecular complexity index is 458. The van der Waals surface area contributed by atoms with Crippen LogP contribution in [-0.2, 0) is 11.3 Å². The number of ether oxygens (including phenoxy) is 1. The molecule has 1 fully saturated rings. The van der Waals surface area contributed by atoms with Crippen LogP contribution in [0, 0.1) is 0 Å². The summed E-state index contributed by atoms with van der Waals surface area (Å²) in [5.41, 5.74) is 1.02. The maximum Gasteiger partial charge on any atom is 0.221 e. The molecule has 1 aromatic rings. The topological polar surface area (TPSA) is 70.6 Å². The van der Waals surface area contributed by atoms with E-state index in [4.69, 9.17) is 4.74 Å². The van der Waals surface area contributed by atoms with Gasteiger partial charge in [-0.15, -0.1) is 0 Å². The average Bonchev–Trinajstić information content (AvgIpc) is 3.22. The van der Waals surface area contributed by atoms with Crippen LogP contribution in [0.3, 0.4) is 0 Å². The molecule has 1 aromatic carbocycles. The average molecular weight is 278 g/mol. The van der Waals surface area contributed by atoms with Crippen molar-refractivity contribution in [2.75, 3.05) is 13.2 Å². The minimum Gasteiger partial charge on any atom is -0.504 e. The summed E-state index contributed by atoms with van der Waals surface area (Å²) >= 11 is 0. The van der Waals surface area contributed by atoms with Crippen LogP contribution in [0.25, 0.3) is 0 Å². The fourth-order valence-electron chi connectivity index (χ4n) is 1.90. The number of amides is 1. The number of hydrogen-bond donors (Lipinski definition) is 3. The summed E-state index contributed by atoms with van der Waals surface area (Å²) in [6.45, 7) is 3.69. The number of phenols is 1. The second kappa shape index (κ2) is 7.14. The molecular weight excluding hydrogens is 256 g/mol. The van der Waals surface area contributed by atoms with Crippen molar-refractivity contribution in [2.24, 2.45) is 0 Å². The molecular formula is C15H22N2O3. The molecule has 0 unspecified atom stereocenters. The molecule has 20 heavy (non-hydrogen) atoms. The van der Waals surface area contributed by atoms with Crippen LogP contribution in [-0.4, -0.2) is 30.2 Å². The predicted molar refractivity (Wildman–Crippen MR) is 76.8 cm³/mol. The van der Waals surface area contributed by atoms with E-state index in [1.807, 2.05) is 19.1 Å². The van der Waals surface area contributed by atoms with Crippen molar-refractivity contribution < 1.29 is 14.6 Å². The zero-order valence-corrected chi connectivity index (χ0v) is 11.8. The van der Waals surface area contributed by atoms with E-state index in [9.17, 15) is 9.90 Å². The summed E-state index contributed by atoms with van der Waals surface area (Å²) in [4.78, 5) is 11.5. The van der Waals surface area contributed by atoms with Crippen molar-refractivity contribution in [3.63, 3.8) is 0 Å². The van der Waals surface area contributed by atoms with E-state index in [0.29, 0.717) is 37.9 Å². The summed E-state index contributed by atoms with van der Waals surface area (Å²) in [5.74, 6) is 0.762. The molecule has 0 bridgehead atoms. The monoisotopic (exact) mass is 278 g/mol. The minimum atomic E-state index is 0.112.